The summed E-state index contributed by atoms with van der Waals surface area (Å²) in [4.78, 5) is 26.9. The van der Waals surface area contributed by atoms with Crippen molar-refractivity contribution in [3.05, 3.63) is 59.9 Å². The largest absolute Gasteiger partial charge is 0.340 e. The number of carbonyl (C=O) groups is 2. The molecule has 5 heteroatoms. The van der Waals surface area contributed by atoms with Gasteiger partial charge in [0.2, 0.25) is 5.91 Å². The van der Waals surface area contributed by atoms with E-state index in [1.165, 1.54) is 6.07 Å². The van der Waals surface area contributed by atoms with Crippen LogP contribution in [0.15, 0.2) is 48.5 Å². The summed E-state index contributed by atoms with van der Waals surface area (Å²) in [5, 5.41) is 0. The molecule has 2 aromatic rings. The van der Waals surface area contributed by atoms with E-state index in [4.69, 9.17) is 5.73 Å². The van der Waals surface area contributed by atoms with Crippen LogP contribution in [0.4, 0.5) is 4.39 Å². The van der Waals surface area contributed by atoms with Crippen LogP contribution in [-0.4, -0.2) is 35.2 Å². The normalized spacial score (nSPS) is 17.6. The van der Waals surface area contributed by atoms with Crippen LogP contribution in [0, 0.1) is 11.7 Å². The van der Waals surface area contributed by atoms with Crippen molar-refractivity contribution in [1.82, 2.24) is 4.90 Å². The van der Waals surface area contributed by atoms with Crippen LogP contribution in [0.25, 0.3) is 11.1 Å². The number of benzene rings is 2. The van der Waals surface area contributed by atoms with E-state index in [0.717, 1.165) is 12.0 Å². The smallest absolute Gasteiger partial charge is 0.242 e. The van der Waals surface area contributed by atoms with E-state index in [-0.39, 0.29) is 17.6 Å². The van der Waals surface area contributed by atoms with Crippen molar-refractivity contribution in [1.29, 1.82) is 0 Å². The minimum Gasteiger partial charge on any atom is -0.340 e. The first-order valence-corrected chi connectivity index (χ1v) is 9.25. The molecule has 1 atom stereocenters. The van der Waals surface area contributed by atoms with Crippen LogP contribution in [-0.2, 0) is 4.79 Å². The Hall–Kier alpha value is -2.53. The van der Waals surface area contributed by atoms with Gasteiger partial charge in [0, 0.05) is 30.1 Å². The summed E-state index contributed by atoms with van der Waals surface area (Å²) < 4.78 is 14.6. The fourth-order valence-electron chi connectivity index (χ4n) is 3.54. The number of likely N-dealkylation sites (tertiary alicyclic amines) is 1. The van der Waals surface area contributed by atoms with E-state index in [1.54, 1.807) is 30.9 Å². The van der Waals surface area contributed by atoms with Crippen molar-refractivity contribution in [3.8, 4) is 11.1 Å². The molecule has 1 heterocycles. The molecule has 4 nitrogen and oxygen atoms in total. The third-order valence-corrected chi connectivity index (χ3v) is 4.97. The number of nitrogens with two attached hydrogens (primary N) is 1. The molecule has 2 N–H and O–H groups in total. The second-order valence-electron chi connectivity index (χ2n) is 7.74. The third-order valence-electron chi connectivity index (χ3n) is 4.97. The molecular formula is C22H25FN2O2. The van der Waals surface area contributed by atoms with Crippen LogP contribution < -0.4 is 5.73 Å². The first-order valence-electron chi connectivity index (χ1n) is 9.25. The van der Waals surface area contributed by atoms with Crippen LogP contribution >= 0.6 is 0 Å². The Kier molecular flexibility index (Phi) is 5.42. The maximum Gasteiger partial charge on any atom is 0.242 e. The highest BCUT2D eigenvalue weighted by Crippen LogP contribution is 2.27. The first kappa shape index (κ1) is 19.2. The second kappa shape index (κ2) is 7.61. The molecule has 142 valence electrons. The van der Waals surface area contributed by atoms with E-state index >= 15 is 0 Å². The fraction of sp³-hybridized carbons (Fsp3) is 0.364. The van der Waals surface area contributed by atoms with E-state index in [2.05, 4.69) is 0 Å². The van der Waals surface area contributed by atoms with E-state index in [0.29, 0.717) is 30.6 Å². The average Bonchev–Trinajstić information content (AvgIpc) is 2.66. The van der Waals surface area contributed by atoms with Gasteiger partial charge in [-0.15, -0.1) is 0 Å². The molecule has 1 saturated heterocycles. The Morgan fingerprint density at radius 1 is 1.15 bits per heavy atom. The molecule has 1 amide bonds. The van der Waals surface area contributed by atoms with Crippen LogP contribution in [0.1, 0.15) is 37.0 Å². The van der Waals surface area contributed by atoms with Crippen molar-refractivity contribution in [2.45, 2.75) is 32.2 Å². The van der Waals surface area contributed by atoms with E-state index in [9.17, 15) is 14.0 Å². The number of ketones is 1. The first-order chi connectivity index (χ1) is 12.8. The predicted octanol–water partition coefficient (Wildman–Crippen LogP) is 3.65. The number of Topliss-reactive ketones (excluding diaryl/α,β-unsaturated/α-hetero) is 1. The molecule has 1 fully saturated rings. The molecule has 2 aromatic carbocycles. The number of amides is 1. The van der Waals surface area contributed by atoms with Crippen molar-refractivity contribution in [2.24, 2.45) is 11.7 Å². The summed E-state index contributed by atoms with van der Waals surface area (Å²) in [7, 11) is 0. The lowest BCUT2D eigenvalue weighted by Gasteiger charge is -2.35. The Morgan fingerprint density at radius 3 is 2.48 bits per heavy atom. The number of nitrogens with zero attached hydrogens (tertiary/aromatic N) is 1. The van der Waals surface area contributed by atoms with Gasteiger partial charge in [-0.3, -0.25) is 9.59 Å². The summed E-state index contributed by atoms with van der Waals surface area (Å²) in [6, 6.07) is 13.9. The van der Waals surface area contributed by atoms with Gasteiger partial charge in [-0.1, -0.05) is 42.5 Å². The Morgan fingerprint density at radius 2 is 1.85 bits per heavy atom. The van der Waals surface area contributed by atoms with Gasteiger partial charge in [-0.2, -0.15) is 0 Å². The fourth-order valence-corrected chi connectivity index (χ4v) is 3.54. The summed E-state index contributed by atoms with van der Waals surface area (Å²) in [5.74, 6) is -1.03. The molecule has 27 heavy (non-hydrogen) atoms. The Labute approximate surface area is 159 Å². The minimum absolute atomic E-state index is 0.124. The number of halogens is 1. The van der Waals surface area contributed by atoms with Gasteiger partial charge >= 0.3 is 0 Å². The molecule has 0 aromatic heterocycles. The average molecular weight is 368 g/mol. The van der Waals surface area contributed by atoms with Gasteiger partial charge in [0.05, 0.1) is 5.54 Å². The van der Waals surface area contributed by atoms with Crippen LogP contribution in [0.2, 0.25) is 0 Å². The number of carbonyl (C=O) groups excluding carboxylic acids is 2. The zero-order valence-corrected chi connectivity index (χ0v) is 15.7. The number of hydrogen-bond donors (Lipinski definition) is 1. The zero-order chi connectivity index (χ0) is 19.6. The van der Waals surface area contributed by atoms with Crippen molar-refractivity contribution in [2.75, 3.05) is 13.1 Å². The van der Waals surface area contributed by atoms with Gasteiger partial charge in [0.25, 0.3) is 0 Å². The van der Waals surface area contributed by atoms with Gasteiger partial charge < -0.3 is 10.6 Å². The molecule has 1 aliphatic heterocycles. The second-order valence-corrected chi connectivity index (χ2v) is 7.74. The SMILES string of the molecule is CC(C)(N)C(=O)N1CCC[C@H](C(=O)c2ccc(-c3ccccc3)c(F)c2)C1. The topological polar surface area (TPSA) is 63.4 Å². The molecule has 1 aliphatic rings. The number of hydrogen-bond acceptors (Lipinski definition) is 3. The maximum absolute atomic E-state index is 14.6. The van der Waals surface area contributed by atoms with Crippen molar-refractivity contribution < 1.29 is 14.0 Å². The predicted molar refractivity (Wildman–Crippen MR) is 104 cm³/mol. The molecule has 0 saturated carbocycles. The van der Waals surface area contributed by atoms with Gasteiger partial charge in [0.15, 0.2) is 5.78 Å². The summed E-state index contributed by atoms with van der Waals surface area (Å²) in [6.07, 6.45) is 1.43. The number of piperidine rings is 1. The molecule has 0 aliphatic carbocycles. The van der Waals surface area contributed by atoms with Crippen molar-refractivity contribution in [3.63, 3.8) is 0 Å². The van der Waals surface area contributed by atoms with Crippen LogP contribution in [0.5, 0.6) is 0 Å². The van der Waals surface area contributed by atoms with Gasteiger partial charge in [-0.25, -0.2) is 4.39 Å². The maximum atomic E-state index is 14.6. The molecule has 0 unspecified atom stereocenters. The Bertz CT molecular complexity index is 843. The highest BCUT2D eigenvalue weighted by Gasteiger charge is 2.34. The van der Waals surface area contributed by atoms with Crippen LogP contribution in [0.3, 0.4) is 0 Å². The summed E-state index contributed by atoms with van der Waals surface area (Å²) >= 11 is 0. The van der Waals surface area contributed by atoms with E-state index in [1.807, 2.05) is 30.3 Å². The zero-order valence-electron chi connectivity index (χ0n) is 15.7. The lowest BCUT2D eigenvalue weighted by molar-refractivity contribution is -0.137. The summed E-state index contributed by atoms with van der Waals surface area (Å²) in [6.45, 7) is 4.27. The Balaban J connectivity index is 1.78. The quantitative estimate of drug-likeness (QED) is 0.838. The van der Waals surface area contributed by atoms with Crippen molar-refractivity contribution >= 4 is 11.7 Å². The summed E-state index contributed by atoms with van der Waals surface area (Å²) in [5.41, 5.74) is 6.53. The molecular weight excluding hydrogens is 343 g/mol. The van der Waals surface area contributed by atoms with Gasteiger partial charge in [-0.05, 0) is 38.3 Å². The van der Waals surface area contributed by atoms with E-state index < -0.39 is 11.4 Å². The highest BCUT2D eigenvalue weighted by molar-refractivity contribution is 5.99. The molecule has 0 radical (unpaired) electrons. The molecule has 3 rings (SSSR count). The highest BCUT2D eigenvalue weighted by atomic mass is 19.1. The standard InChI is InChI=1S/C22H25FN2O2/c1-22(2,24)21(27)25-12-6-9-17(14-25)20(26)16-10-11-18(19(23)13-16)15-7-4-3-5-8-15/h3-5,7-8,10-11,13,17H,6,9,12,14,24H2,1-2H3/t17-/m0/s1. The number of rotatable bonds is 4. The lowest BCUT2D eigenvalue weighted by atomic mass is 9.88. The molecule has 0 bridgehead atoms. The third kappa shape index (κ3) is 4.25. The lowest BCUT2D eigenvalue weighted by Crippen LogP contribution is -2.54. The molecule has 0 spiro atoms. The van der Waals surface area contributed by atoms with Gasteiger partial charge in [0.1, 0.15) is 5.82 Å². The minimum atomic E-state index is -0.964. The monoisotopic (exact) mass is 368 g/mol.